The minimum atomic E-state index is -0.964. The van der Waals surface area contributed by atoms with Gasteiger partial charge < -0.3 is 24.8 Å². The molecule has 226 valence electrons. The van der Waals surface area contributed by atoms with Gasteiger partial charge in [-0.15, -0.1) is 12.4 Å². The first kappa shape index (κ1) is 31.4. The predicted octanol–water partition coefficient (Wildman–Crippen LogP) is 4.35. The van der Waals surface area contributed by atoms with E-state index < -0.39 is 5.60 Å². The summed E-state index contributed by atoms with van der Waals surface area (Å²) in [7, 11) is 0. The third-order valence-electron chi connectivity index (χ3n) is 8.10. The normalized spacial score (nSPS) is 17.4. The number of benzene rings is 2. The lowest BCUT2D eigenvalue weighted by Gasteiger charge is -2.37. The summed E-state index contributed by atoms with van der Waals surface area (Å²) >= 11 is 0. The number of piperidine rings is 1. The highest BCUT2D eigenvalue weighted by molar-refractivity contribution is 5.85. The van der Waals surface area contributed by atoms with E-state index in [9.17, 15) is 9.59 Å². The molecule has 3 aromatic rings. The fourth-order valence-electron chi connectivity index (χ4n) is 5.78. The van der Waals surface area contributed by atoms with Crippen LogP contribution in [-0.2, 0) is 16.1 Å². The molecule has 2 N–H and O–H groups in total. The van der Waals surface area contributed by atoms with Gasteiger partial charge in [0.2, 0.25) is 5.91 Å². The quantitative estimate of drug-likeness (QED) is 0.383. The molecule has 1 atom stereocenters. The zero-order valence-corrected chi connectivity index (χ0v) is 25.7. The number of H-pyrrole nitrogens is 1. The summed E-state index contributed by atoms with van der Waals surface area (Å²) in [6.07, 6.45) is 5.52. The number of aromatic nitrogens is 2. The van der Waals surface area contributed by atoms with Crippen LogP contribution in [-0.4, -0.2) is 83.2 Å². The van der Waals surface area contributed by atoms with Crippen molar-refractivity contribution in [2.24, 2.45) is 5.92 Å². The Morgan fingerprint density at radius 1 is 1.07 bits per heavy atom. The van der Waals surface area contributed by atoms with E-state index in [1.54, 1.807) is 0 Å². The van der Waals surface area contributed by atoms with E-state index in [1.165, 1.54) is 0 Å². The monoisotopic (exact) mass is 594 g/mol. The molecule has 0 radical (unpaired) electrons. The highest BCUT2D eigenvalue weighted by Gasteiger charge is 2.35. The molecule has 2 fully saturated rings. The SMILES string of the molecule is CCN(Cc1ccc(-c2cn[nH]c2)cc1)C(=O)[C@H]1CCCN(c2cccc(OC(C)(C)C(=O)N3CCNCC3)c2)C1.Cl. The lowest BCUT2D eigenvalue weighted by Crippen LogP contribution is -2.54. The van der Waals surface area contributed by atoms with Gasteiger partial charge in [-0.05, 0) is 56.9 Å². The van der Waals surface area contributed by atoms with E-state index in [2.05, 4.69) is 50.7 Å². The van der Waals surface area contributed by atoms with E-state index in [-0.39, 0.29) is 30.1 Å². The molecule has 10 heteroatoms. The third-order valence-corrected chi connectivity index (χ3v) is 8.10. The van der Waals surface area contributed by atoms with Crippen LogP contribution in [0.3, 0.4) is 0 Å². The molecule has 2 aliphatic heterocycles. The summed E-state index contributed by atoms with van der Waals surface area (Å²) < 4.78 is 6.26. The molecular weight excluding hydrogens is 552 g/mol. The van der Waals surface area contributed by atoms with Gasteiger partial charge in [-0.1, -0.05) is 30.3 Å². The summed E-state index contributed by atoms with van der Waals surface area (Å²) in [6, 6.07) is 16.3. The molecular formula is C32H43ClN6O3. The third kappa shape index (κ3) is 7.44. The van der Waals surface area contributed by atoms with Gasteiger partial charge in [0.15, 0.2) is 5.60 Å². The zero-order valence-electron chi connectivity index (χ0n) is 24.8. The molecule has 0 spiro atoms. The summed E-state index contributed by atoms with van der Waals surface area (Å²) in [4.78, 5) is 32.9. The zero-order chi connectivity index (χ0) is 28.8. The van der Waals surface area contributed by atoms with Crippen LogP contribution in [0.5, 0.6) is 5.75 Å². The van der Waals surface area contributed by atoms with E-state index >= 15 is 0 Å². The van der Waals surface area contributed by atoms with Gasteiger partial charge >= 0.3 is 0 Å². The first-order valence-corrected chi connectivity index (χ1v) is 14.7. The van der Waals surface area contributed by atoms with Gasteiger partial charge in [0.05, 0.1) is 12.1 Å². The molecule has 0 unspecified atom stereocenters. The number of carbonyl (C=O) groups is 2. The Balaban J connectivity index is 0.00000405. The van der Waals surface area contributed by atoms with Crippen molar-refractivity contribution in [1.29, 1.82) is 0 Å². The minimum absolute atomic E-state index is 0. The molecule has 0 aliphatic carbocycles. The van der Waals surface area contributed by atoms with Gasteiger partial charge in [-0.25, -0.2) is 0 Å². The predicted molar refractivity (Wildman–Crippen MR) is 168 cm³/mol. The number of halogens is 1. The van der Waals surface area contributed by atoms with Crippen molar-refractivity contribution in [3.05, 3.63) is 66.5 Å². The van der Waals surface area contributed by atoms with Crippen LogP contribution in [0.4, 0.5) is 5.69 Å². The van der Waals surface area contributed by atoms with Crippen molar-refractivity contribution in [2.75, 3.05) is 50.7 Å². The number of amides is 2. The van der Waals surface area contributed by atoms with Crippen molar-refractivity contribution >= 4 is 29.9 Å². The summed E-state index contributed by atoms with van der Waals surface area (Å²) in [5, 5.41) is 10.2. The maximum absolute atomic E-state index is 13.7. The summed E-state index contributed by atoms with van der Waals surface area (Å²) in [5.74, 6) is 0.803. The molecule has 0 saturated carbocycles. The number of carbonyl (C=O) groups excluding carboxylic acids is 2. The van der Waals surface area contributed by atoms with Crippen LogP contribution < -0.4 is 15.0 Å². The van der Waals surface area contributed by atoms with Crippen LogP contribution in [0.2, 0.25) is 0 Å². The van der Waals surface area contributed by atoms with Crippen LogP contribution in [0.1, 0.15) is 39.2 Å². The number of piperazine rings is 1. The molecule has 9 nitrogen and oxygen atoms in total. The highest BCUT2D eigenvalue weighted by atomic mass is 35.5. The van der Waals surface area contributed by atoms with Crippen LogP contribution in [0.25, 0.3) is 11.1 Å². The topological polar surface area (TPSA) is 93.8 Å². The number of anilines is 1. The molecule has 42 heavy (non-hydrogen) atoms. The van der Waals surface area contributed by atoms with Crippen molar-refractivity contribution in [3.63, 3.8) is 0 Å². The van der Waals surface area contributed by atoms with E-state index in [4.69, 9.17) is 4.74 Å². The van der Waals surface area contributed by atoms with Crippen molar-refractivity contribution in [1.82, 2.24) is 25.3 Å². The van der Waals surface area contributed by atoms with E-state index in [0.29, 0.717) is 38.5 Å². The Morgan fingerprint density at radius 2 is 1.83 bits per heavy atom. The Kier molecular flexibility index (Phi) is 10.5. The van der Waals surface area contributed by atoms with Gasteiger partial charge in [-0.3, -0.25) is 14.7 Å². The average Bonchev–Trinajstić information content (AvgIpc) is 3.55. The molecule has 1 aromatic heterocycles. The Hall–Kier alpha value is -3.56. The van der Waals surface area contributed by atoms with Gasteiger partial charge in [-0.2, -0.15) is 5.10 Å². The number of nitrogens with zero attached hydrogens (tertiary/aromatic N) is 4. The van der Waals surface area contributed by atoms with Crippen molar-refractivity contribution < 1.29 is 14.3 Å². The van der Waals surface area contributed by atoms with Gasteiger partial charge in [0.25, 0.3) is 5.91 Å². The summed E-state index contributed by atoms with van der Waals surface area (Å²) in [5.41, 5.74) is 3.31. The fraction of sp³-hybridized carbons (Fsp3) is 0.469. The molecule has 2 saturated heterocycles. The second-order valence-corrected chi connectivity index (χ2v) is 11.5. The van der Waals surface area contributed by atoms with Crippen molar-refractivity contribution in [3.8, 4) is 16.9 Å². The summed E-state index contributed by atoms with van der Waals surface area (Å²) in [6.45, 7) is 11.5. The first-order valence-electron chi connectivity index (χ1n) is 14.7. The smallest absolute Gasteiger partial charge is 0.266 e. The molecule has 3 heterocycles. The van der Waals surface area contributed by atoms with Crippen LogP contribution in [0, 0.1) is 5.92 Å². The standard InChI is InChI=1S/C32H42N6O3.ClH/c1-4-36(22-24-10-12-25(13-11-24)27-20-34-35-21-27)30(39)26-7-6-16-38(23-26)28-8-5-9-29(19-28)41-32(2,3)31(40)37-17-14-33-15-18-37;/h5,8-13,19-21,26,33H,4,6-7,14-18,22-23H2,1-3H3,(H,34,35);1H/t26-;/m0./s1. The highest BCUT2D eigenvalue weighted by Crippen LogP contribution is 2.30. The van der Waals surface area contributed by atoms with Crippen molar-refractivity contribution in [2.45, 2.75) is 45.8 Å². The Morgan fingerprint density at radius 3 is 2.52 bits per heavy atom. The first-order chi connectivity index (χ1) is 19.8. The number of hydrogen-bond donors (Lipinski definition) is 2. The maximum atomic E-state index is 13.7. The number of nitrogens with one attached hydrogen (secondary N) is 2. The van der Waals surface area contributed by atoms with Crippen LogP contribution >= 0.6 is 12.4 Å². The second kappa shape index (κ2) is 14.1. The molecule has 2 aliphatic rings. The average molecular weight is 595 g/mol. The largest absolute Gasteiger partial charge is 0.478 e. The van der Waals surface area contributed by atoms with Gasteiger partial charge in [0.1, 0.15) is 5.75 Å². The molecule has 2 amide bonds. The molecule has 5 rings (SSSR count). The Labute approximate surface area is 255 Å². The van der Waals surface area contributed by atoms with Gasteiger partial charge in [0, 0.05) is 75.9 Å². The van der Waals surface area contributed by atoms with E-state index in [1.807, 2.05) is 61.2 Å². The Bertz CT molecular complexity index is 1310. The van der Waals surface area contributed by atoms with E-state index in [0.717, 1.165) is 54.9 Å². The number of rotatable bonds is 9. The lowest BCUT2D eigenvalue weighted by molar-refractivity contribution is -0.146. The number of aromatic amines is 1. The molecule has 2 aromatic carbocycles. The number of ether oxygens (including phenoxy) is 1. The molecule has 0 bridgehead atoms. The van der Waals surface area contributed by atoms with Crippen LogP contribution in [0.15, 0.2) is 60.9 Å². The number of hydrogen-bond acceptors (Lipinski definition) is 6. The maximum Gasteiger partial charge on any atom is 0.266 e. The fourth-order valence-corrected chi connectivity index (χ4v) is 5.78. The lowest BCUT2D eigenvalue weighted by atomic mass is 9.95. The minimum Gasteiger partial charge on any atom is -0.478 e. The second-order valence-electron chi connectivity index (χ2n) is 11.5.